The number of fused-ring (bicyclic) bond motifs is 4. The lowest BCUT2D eigenvalue weighted by molar-refractivity contribution is 0.447. The molecule has 0 bridgehead atoms. The molecule has 4 aromatic rings. The molecule has 4 nitrogen and oxygen atoms in total. The van der Waals surface area contributed by atoms with Gasteiger partial charge in [0.25, 0.3) is 11.4 Å². The minimum atomic E-state index is -1.70. The van der Waals surface area contributed by atoms with Gasteiger partial charge in [-0.1, -0.05) is 36.4 Å². The van der Waals surface area contributed by atoms with Crippen molar-refractivity contribution in [2.45, 2.75) is 0 Å². The first-order chi connectivity index (χ1) is 21.2. The minimum Gasteiger partial charge on any atom is -0.226 e. The average molecular weight is 588 g/mol. The van der Waals surface area contributed by atoms with E-state index in [1.54, 1.807) is 0 Å². The van der Waals surface area contributed by atoms with E-state index in [-0.39, 0.29) is 66.8 Å². The summed E-state index contributed by atoms with van der Waals surface area (Å²) in [5.74, 6) is -9.31. The standard InChI is InChI=1S/C34H10F6N4/c1-43-25(13-41)29-19-7-3-5-17(15-9-21(35)33(39)22(36)10-15)27(19)32-30(26(14-42)44-2)20-8-4-6-18(28(20)31(29)32)16-11-23(37)34(40)24(38)12-16/h3-12H/b29-25-,30-26+. The van der Waals surface area contributed by atoms with Crippen LogP contribution in [0.3, 0.4) is 0 Å². The molecule has 0 aliphatic heterocycles. The molecule has 0 saturated heterocycles. The number of benzene rings is 4. The first-order valence-electron chi connectivity index (χ1n) is 12.5. The third-order valence-corrected chi connectivity index (χ3v) is 7.42. The molecular weight excluding hydrogens is 578 g/mol. The summed E-state index contributed by atoms with van der Waals surface area (Å²) in [4.78, 5) is 6.74. The largest absolute Gasteiger partial charge is 0.270 e. The zero-order chi connectivity index (χ0) is 31.4. The van der Waals surface area contributed by atoms with E-state index in [9.17, 15) is 36.9 Å². The van der Waals surface area contributed by atoms with Crippen molar-refractivity contribution in [1.82, 2.24) is 0 Å². The van der Waals surface area contributed by atoms with E-state index in [1.807, 2.05) is 12.1 Å². The van der Waals surface area contributed by atoms with Crippen molar-refractivity contribution in [2.75, 3.05) is 0 Å². The quantitative estimate of drug-likeness (QED) is 0.102. The molecule has 0 amide bonds. The normalized spacial score (nSPS) is 15.0. The highest BCUT2D eigenvalue weighted by Gasteiger charge is 2.42. The number of nitrogens with zero attached hydrogens (tertiary/aromatic N) is 4. The Hall–Kier alpha value is -6.36. The van der Waals surface area contributed by atoms with Crippen molar-refractivity contribution in [3.63, 3.8) is 0 Å². The Morgan fingerprint density at radius 1 is 0.545 bits per heavy atom. The van der Waals surface area contributed by atoms with Gasteiger partial charge in [0, 0.05) is 11.1 Å². The maximum atomic E-state index is 14.4. The number of rotatable bonds is 2. The Morgan fingerprint density at radius 3 is 1.16 bits per heavy atom. The number of halogens is 6. The summed E-state index contributed by atoms with van der Waals surface area (Å²) in [5, 5.41) is 20.0. The van der Waals surface area contributed by atoms with Crippen LogP contribution in [0.5, 0.6) is 0 Å². The van der Waals surface area contributed by atoms with E-state index in [4.69, 9.17) is 13.1 Å². The molecule has 4 aromatic carbocycles. The van der Waals surface area contributed by atoms with Crippen LogP contribution in [0.25, 0.3) is 54.2 Å². The molecule has 0 saturated carbocycles. The summed E-state index contributed by atoms with van der Waals surface area (Å²) in [7, 11) is 0. The molecule has 10 heteroatoms. The van der Waals surface area contributed by atoms with Gasteiger partial charge in [0.05, 0.1) is 25.3 Å². The fourth-order valence-corrected chi connectivity index (χ4v) is 5.75. The lowest BCUT2D eigenvalue weighted by Gasteiger charge is -2.18. The first-order valence-corrected chi connectivity index (χ1v) is 12.5. The van der Waals surface area contributed by atoms with E-state index in [1.165, 1.54) is 36.4 Å². The summed E-state index contributed by atoms with van der Waals surface area (Å²) in [5.41, 5.74) is 0.329. The van der Waals surface area contributed by atoms with Gasteiger partial charge in [0.2, 0.25) is 0 Å². The van der Waals surface area contributed by atoms with Gasteiger partial charge in [-0.05, 0) is 79.9 Å². The zero-order valence-electron chi connectivity index (χ0n) is 21.8. The molecule has 0 N–H and O–H groups in total. The van der Waals surface area contributed by atoms with Gasteiger partial charge in [0.15, 0.2) is 34.9 Å². The van der Waals surface area contributed by atoms with E-state index in [0.29, 0.717) is 0 Å². The van der Waals surface area contributed by atoms with Crippen molar-refractivity contribution >= 4 is 22.3 Å². The van der Waals surface area contributed by atoms with Crippen LogP contribution in [-0.2, 0) is 0 Å². The molecule has 0 heterocycles. The summed E-state index contributed by atoms with van der Waals surface area (Å²) < 4.78 is 85.5. The van der Waals surface area contributed by atoms with Crippen LogP contribution in [0.1, 0.15) is 22.3 Å². The summed E-state index contributed by atoms with van der Waals surface area (Å²) in [6.07, 6.45) is 0. The first kappa shape index (κ1) is 27.8. The van der Waals surface area contributed by atoms with Gasteiger partial charge in [-0.3, -0.25) is 0 Å². The Morgan fingerprint density at radius 2 is 0.864 bits per heavy atom. The number of hydrogen-bond donors (Lipinski definition) is 0. The Labute approximate surface area is 245 Å². The molecular formula is C34H10F6N4. The molecule has 0 fully saturated rings. The minimum absolute atomic E-state index is 0.0337. The highest BCUT2D eigenvalue weighted by molar-refractivity contribution is 6.39. The smallest absolute Gasteiger partial charge is 0.226 e. The fraction of sp³-hybridized carbons (Fsp3) is 0. The average Bonchev–Trinajstić information content (AvgIpc) is 3.52. The van der Waals surface area contributed by atoms with Gasteiger partial charge >= 0.3 is 0 Å². The van der Waals surface area contributed by atoms with Gasteiger partial charge < -0.3 is 0 Å². The van der Waals surface area contributed by atoms with E-state index >= 15 is 0 Å². The van der Waals surface area contributed by atoms with E-state index < -0.39 is 46.3 Å². The Balaban J connectivity index is 1.83. The fourth-order valence-electron chi connectivity index (χ4n) is 5.75. The van der Waals surface area contributed by atoms with Gasteiger partial charge in [-0.25, -0.2) is 46.6 Å². The van der Waals surface area contributed by atoms with Gasteiger partial charge in [-0.15, -0.1) is 0 Å². The maximum Gasteiger partial charge on any atom is 0.270 e. The van der Waals surface area contributed by atoms with Gasteiger partial charge in [-0.2, -0.15) is 0 Å². The molecule has 0 radical (unpaired) electrons. The van der Waals surface area contributed by atoms with Crippen LogP contribution in [0.15, 0.2) is 72.1 Å². The molecule has 0 atom stereocenters. The molecule has 2 aliphatic rings. The van der Waals surface area contributed by atoms with E-state index in [0.717, 1.165) is 24.3 Å². The molecule has 6 rings (SSSR count). The third-order valence-electron chi connectivity index (χ3n) is 7.42. The molecule has 0 unspecified atom stereocenters. The number of hydrogen-bond acceptors (Lipinski definition) is 2. The van der Waals surface area contributed by atoms with Crippen LogP contribution < -0.4 is 0 Å². The number of nitriles is 2. The Bertz CT molecular complexity index is 2050. The lowest BCUT2D eigenvalue weighted by atomic mass is 9.85. The predicted octanol–water partition coefficient (Wildman–Crippen LogP) is 9.10. The maximum absolute atomic E-state index is 14.4. The second-order valence-electron chi connectivity index (χ2n) is 9.61. The third kappa shape index (κ3) is 3.83. The molecule has 44 heavy (non-hydrogen) atoms. The van der Waals surface area contributed by atoms with Crippen molar-refractivity contribution in [3.05, 3.63) is 152 Å². The van der Waals surface area contributed by atoms with Crippen LogP contribution in [0.2, 0.25) is 0 Å². The summed E-state index contributed by atoms with van der Waals surface area (Å²) >= 11 is 0. The van der Waals surface area contributed by atoms with Crippen molar-refractivity contribution in [2.24, 2.45) is 0 Å². The summed E-state index contributed by atoms with van der Waals surface area (Å²) in [6.45, 7) is 15.5. The molecule has 0 spiro atoms. The summed E-state index contributed by atoms with van der Waals surface area (Å²) in [6, 6.07) is 15.6. The monoisotopic (exact) mass is 588 g/mol. The molecule has 0 aromatic heterocycles. The van der Waals surface area contributed by atoms with Gasteiger partial charge in [0.1, 0.15) is 0 Å². The second kappa shape index (κ2) is 10.2. The molecule has 208 valence electrons. The van der Waals surface area contributed by atoms with Crippen LogP contribution in [0, 0.1) is 70.7 Å². The van der Waals surface area contributed by atoms with Crippen molar-refractivity contribution in [3.8, 4) is 34.4 Å². The van der Waals surface area contributed by atoms with E-state index in [2.05, 4.69) is 9.69 Å². The Kier molecular flexibility index (Phi) is 6.43. The van der Waals surface area contributed by atoms with Crippen LogP contribution in [0.4, 0.5) is 26.3 Å². The van der Waals surface area contributed by atoms with Crippen LogP contribution >= 0.6 is 0 Å². The van der Waals surface area contributed by atoms with Crippen molar-refractivity contribution < 1.29 is 26.3 Å². The second-order valence-corrected chi connectivity index (χ2v) is 9.61. The topological polar surface area (TPSA) is 56.3 Å². The highest BCUT2D eigenvalue weighted by Crippen LogP contribution is 2.62. The zero-order valence-corrected chi connectivity index (χ0v) is 21.8. The predicted molar refractivity (Wildman–Crippen MR) is 149 cm³/mol. The van der Waals surface area contributed by atoms with Crippen LogP contribution in [-0.4, -0.2) is 0 Å². The number of allylic oxidation sites excluding steroid dienone is 6. The highest BCUT2D eigenvalue weighted by atomic mass is 19.2. The lowest BCUT2D eigenvalue weighted by Crippen LogP contribution is -2.00. The van der Waals surface area contributed by atoms with Crippen molar-refractivity contribution in [1.29, 1.82) is 10.5 Å². The SMILES string of the molecule is [C-]#[N+]/C(C#N)=C1C2=C(/C(=C(\C#N)[N+]#[C-])c3cccc(-c4cc(F)c(F)c(F)c4)c32)c2c\1cccc2-c1cc(F)c(F)c(F)c1. The molecule has 2 aliphatic carbocycles.